The third kappa shape index (κ3) is 7.22. The molecule has 3 aliphatic rings. The molecule has 5 aromatic heterocycles. The first kappa shape index (κ1) is 42.2. The Morgan fingerprint density at radius 2 is 1.41 bits per heavy atom. The summed E-state index contributed by atoms with van der Waals surface area (Å²) < 4.78 is 51.2. The number of fused-ring (bicyclic) bond motifs is 4. The second-order valence-electron chi connectivity index (χ2n) is 17.0. The Morgan fingerprint density at radius 3 is 2.03 bits per heavy atom. The van der Waals surface area contributed by atoms with E-state index >= 15 is 4.39 Å². The Kier molecular flexibility index (Phi) is 10.4. The third-order valence-corrected chi connectivity index (χ3v) is 13.2. The number of hydrogen-bond acceptors (Lipinski definition) is 14. The molecule has 8 aromatic rings. The Labute approximate surface area is 387 Å². The largest absolute Gasteiger partial charge is 0.493 e. The van der Waals surface area contributed by atoms with Crippen LogP contribution in [-0.4, -0.2) is 72.0 Å². The normalized spacial score (nSPS) is 14.2. The van der Waals surface area contributed by atoms with Crippen LogP contribution in [0, 0.1) is 34.3 Å². The van der Waals surface area contributed by atoms with Crippen LogP contribution in [0.1, 0.15) is 68.1 Å². The van der Waals surface area contributed by atoms with E-state index in [9.17, 15) is 19.7 Å². The Bertz CT molecular complexity index is 3430. The molecule has 2 aliphatic heterocycles. The van der Waals surface area contributed by atoms with Gasteiger partial charge in [-0.25, -0.2) is 38.5 Å². The number of esters is 1. The molecular weight excluding hydrogens is 871 g/mol. The van der Waals surface area contributed by atoms with Crippen LogP contribution in [0.4, 0.5) is 20.7 Å². The topological polar surface area (TPSA) is 193 Å². The van der Waals surface area contributed by atoms with Crippen molar-refractivity contribution in [2.24, 2.45) is 0 Å². The lowest BCUT2D eigenvalue weighted by Gasteiger charge is -2.29. The lowest BCUT2D eigenvalue weighted by molar-refractivity contribution is 0.0594. The molecule has 1 saturated carbocycles. The lowest BCUT2D eigenvalue weighted by Crippen LogP contribution is -2.31. The first-order chi connectivity index (χ1) is 33.2. The van der Waals surface area contributed by atoms with Crippen LogP contribution in [0.15, 0.2) is 85.6 Å². The Morgan fingerprint density at radius 1 is 0.794 bits per heavy atom. The van der Waals surface area contributed by atoms with Gasteiger partial charge >= 0.3 is 5.97 Å². The zero-order valence-electron chi connectivity index (χ0n) is 36.8. The van der Waals surface area contributed by atoms with E-state index in [4.69, 9.17) is 19.2 Å². The van der Waals surface area contributed by atoms with Crippen LogP contribution in [0.25, 0.3) is 33.5 Å². The lowest BCUT2D eigenvalue weighted by atomic mass is 9.97. The number of nitrogens with one attached hydrogen (secondary N) is 2. The molecule has 68 heavy (non-hydrogen) atoms. The predicted octanol–water partition coefficient (Wildman–Crippen LogP) is 7.52. The van der Waals surface area contributed by atoms with Gasteiger partial charge in [0.25, 0.3) is 0 Å². The van der Waals surface area contributed by atoms with Crippen LogP contribution in [-0.2, 0) is 42.8 Å². The number of aromatic nitrogens is 7. The first-order valence-corrected chi connectivity index (χ1v) is 22.0. The number of carbonyl (C=O) groups is 1. The minimum Gasteiger partial charge on any atom is -0.493 e. The van der Waals surface area contributed by atoms with Gasteiger partial charge in [-0.1, -0.05) is 30.3 Å². The van der Waals surface area contributed by atoms with E-state index in [1.807, 2.05) is 12.1 Å². The maximum atomic E-state index is 16.3. The summed E-state index contributed by atoms with van der Waals surface area (Å²) in [4.78, 5) is 36.8. The fraction of sp³-hybridized carbons (Fsp3) is 0.240. The van der Waals surface area contributed by atoms with E-state index in [0.29, 0.717) is 89.5 Å². The fourth-order valence-electron chi connectivity index (χ4n) is 9.52. The number of hydrogen-bond donors (Lipinski definition) is 2. The minimum atomic E-state index is -0.563. The highest BCUT2D eigenvalue weighted by atomic mass is 19.1. The molecule has 11 rings (SSSR count). The maximum Gasteiger partial charge on any atom is 0.356 e. The van der Waals surface area contributed by atoms with Gasteiger partial charge in [0.2, 0.25) is 11.9 Å². The zero-order valence-corrected chi connectivity index (χ0v) is 36.8. The molecular formula is C50H40F2N12O4. The van der Waals surface area contributed by atoms with Crippen molar-refractivity contribution >= 4 is 29.2 Å². The molecule has 2 N–H and O–H groups in total. The van der Waals surface area contributed by atoms with Crippen LogP contribution in [0.5, 0.6) is 11.5 Å². The number of methoxy groups -OCH3 is 1. The second kappa shape index (κ2) is 16.7. The molecule has 0 unspecified atom stereocenters. The van der Waals surface area contributed by atoms with E-state index in [0.717, 1.165) is 46.2 Å². The highest BCUT2D eigenvalue weighted by Crippen LogP contribution is 2.52. The Hall–Kier alpha value is -8.48. The van der Waals surface area contributed by atoms with Crippen LogP contribution in [0.2, 0.25) is 0 Å². The number of ether oxygens (including phenoxy) is 3. The average molecular weight is 911 g/mol. The molecule has 16 nitrogen and oxygen atoms in total. The van der Waals surface area contributed by atoms with Gasteiger partial charge in [-0.2, -0.15) is 10.5 Å². The summed E-state index contributed by atoms with van der Waals surface area (Å²) in [6.07, 6.45) is 11.0. The fourth-order valence-corrected chi connectivity index (χ4v) is 9.52. The van der Waals surface area contributed by atoms with Crippen LogP contribution < -0.4 is 20.1 Å². The predicted molar refractivity (Wildman–Crippen MR) is 244 cm³/mol. The molecule has 18 heteroatoms. The molecule has 338 valence electrons. The number of carbonyl (C=O) groups excluding carboxylic acids is 1. The number of imidazole rings is 2. The van der Waals surface area contributed by atoms with Gasteiger partial charge in [0, 0.05) is 101 Å². The zero-order chi connectivity index (χ0) is 46.7. The summed E-state index contributed by atoms with van der Waals surface area (Å²) in [5.74, 6) is 0.910. The molecule has 0 atom stereocenters. The van der Waals surface area contributed by atoms with E-state index in [1.165, 1.54) is 25.4 Å². The summed E-state index contributed by atoms with van der Waals surface area (Å²) in [5, 5.41) is 26.0. The smallest absolute Gasteiger partial charge is 0.356 e. The number of nitrogens with zero attached hydrogens (tertiary/aromatic N) is 10. The van der Waals surface area contributed by atoms with Crippen molar-refractivity contribution in [3.8, 4) is 45.9 Å². The van der Waals surface area contributed by atoms with E-state index in [1.54, 1.807) is 51.8 Å². The second-order valence-corrected chi connectivity index (χ2v) is 17.0. The molecule has 0 radical (unpaired) electrons. The van der Waals surface area contributed by atoms with Gasteiger partial charge < -0.3 is 24.8 Å². The van der Waals surface area contributed by atoms with Crippen LogP contribution >= 0.6 is 0 Å². The standard InChI is InChI=1S/C50H40F2N12O4/c1-62(50(13-14-50)31-6-3-28(4-7-31)36-21-56-48(63-26-32(18-53)60-45(36)63)58-23-38-34-11-15-67-43(34)10-8-40(38)51)25-30-17-41(52)39(35-12-16-68-44(30)35)24-59-49-57-22-37(46-61-33(19-54)27-64(46)49)29-5-9-42(55-20-29)47(65)66-2/h3-10,17,20-22,26-27H,11-16,23-25H2,1-2H3,(H,56,58)(H,57,59). The summed E-state index contributed by atoms with van der Waals surface area (Å²) in [6, 6.07) is 20.3. The molecule has 0 amide bonds. The van der Waals surface area contributed by atoms with Crippen molar-refractivity contribution in [3.05, 3.63) is 148 Å². The van der Waals surface area contributed by atoms with Gasteiger partial charge in [-0.15, -0.1) is 0 Å². The van der Waals surface area contributed by atoms with Crippen molar-refractivity contribution in [3.63, 3.8) is 0 Å². The Balaban J connectivity index is 0.808. The van der Waals surface area contributed by atoms with E-state index in [2.05, 4.69) is 66.8 Å². The van der Waals surface area contributed by atoms with Crippen LogP contribution in [0.3, 0.4) is 0 Å². The van der Waals surface area contributed by atoms with Gasteiger partial charge in [-0.3, -0.25) is 13.7 Å². The van der Waals surface area contributed by atoms with Gasteiger partial charge in [0.15, 0.2) is 22.7 Å². The van der Waals surface area contributed by atoms with Crippen molar-refractivity contribution in [1.29, 1.82) is 10.5 Å². The maximum absolute atomic E-state index is 16.3. The average Bonchev–Trinajstić information content (AvgIpc) is 3.82. The first-order valence-electron chi connectivity index (χ1n) is 22.0. The number of pyridine rings is 1. The summed E-state index contributed by atoms with van der Waals surface area (Å²) in [7, 11) is 3.33. The van der Waals surface area contributed by atoms with Crippen molar-refractivity contribution in [1.82, 2.24) is 38.6 Å². The number of halogens is 2. The highest BCUT2D eigenvalue weighted by molar-refractivity contribution is 5.88. The van der Waals surface area contributed by atoms with Gasteiger partial charge in [0.1, 0.15) is 41.0 Å². The summed E-state index contributed by atoms with van der Waals surface area (Å²) in [6.45, 7) is 1.67. The molecule has 7 heterocycles. The molecule has 3 aromatic carbocycles. The van der Waals surface area contributed by atoms with Crippen molar-refractivity contribution < 1.29 is 27.8 Å². The molecule has 0 spiro atoms. The summed E-state index contributed by atoms with van der Waals surface area (Å²) >= 11 is 0. The monoisotopic (exact) mass is 910 g/mol. The number of benzene rings is 3. The van der Waals surface area contributed by atoms with Crippen molar-refractivity contribution in [2.75, 3.05) is 38.0 Å². The molecule has 1 fully saturated rings. The SMILES string of the molecule is COC(=O)c1ccc(-c2cnc(NCc3c(F)cc(CN(C)C4(c5ccc(-c6cnc(NCc7c(F)ccc8c7CCO8)n7cc(C#N)nc67)cc5)CC4)c4c3CCO4)n3cc(C#N)nc23)cn1. The van der Waals surface area contributed by atoms with E-state index in [-0.39, 0.29) is 47.3 Å². The molecule has 0 bridgehead atoms. The van der Waals surface area contributed by atoms with Gasteiger partial charge in [0.05, 0.1) is 32.7 Å². The highest BCUT2D eigenvalue weighted by Gasteiger charge is 2.48. The molecule has 0 saturated heterocycles. The number of nitriles is 2. The quantitative estimate of drug-likeness (QED) is 0.108. The van der Waals surface area contributed by atoms with Gasteiger partial charge in [-0.05, 0) is 55.3 Å². The third-order valence-electron chi connectivity index (χ3n) is 13.2. The molecule has 1 aliphatic carbocycles. The number of rotatable bonds is 13. The summed E-state index contributed by atoms with van der Waals surface area (Å²) in [5.41, 5.74) is 8.56. The number of anilines is 2. The minimum absolute atomic E-state index is 0.101. The van der Waals surface area contributed by atoms with Crippen molar-refractivity contribution in [2.45, 2.75) is 50.9 Å². The van der Waals surface area contributed by atoms with E-state index < -0.39 is 5.97 Å².